The molecule has 1 amide bonds. The van der Waals surface area contributed by atoms with Crippen molar-refractivity contribution in [1.82, 2.24) is 9.62 Å². The molecule has 21 heavy (non-hydrogen) atoms. The van der Waals surface area contributed by atoms with Crippen LogP contribution in [-0.2, 0) is 19.6 Å². The van der Waals surface area contributed by atoms with Crippen molar-refractivity contribution in [1.29, 1.82) is 0 Å². The summed E-state index contributed by atoms with van der Waals surface area (Å²) in [6.07, 6.45) is 1.11. The standard InChI is InChI=1S/C12H22N2O6S/c1-3-21(19,20)14-6-4-5-9(7-14)10(15)13-8-12(2,18)11(16)17/h9,18H,3-8H2,1-2H3,(H,13,15)(H,16,17). The zero-order valence-corrected chi connectivity index (χ0v) is 13.0. The van der Waals surface area contributed by atoms with E-state index in [1.54, 1.807) is 6.92 Å². The summed E-state index contributed by atoms with van der Waals surface area (Å²) in [4.78, 5) is 22.7. The maximum absolute atomic E-state index is 12.0. The van der Waals surface area contributed by atoms with Crippen molar-refractivity contribution in [2.24, 2.45) is 5.92 Å². The highest BCUT2D eigenvalue weighted by molar-refractivity contribution is 7.89. The van der Waals surface area contributed by atoms with Crippen LogP contribution < -0.4 is 5.32 Å². The molecule has 9 heteroatoms. The van der Waals surface area contributed by atoms with E-state index in [9.17, 15) is 23.1 Å². The summed E-state index contributed by atoms with van der Waals surface area (Å²) < 4.78 is 24.9. The molecule has 1 aliphatic heterocycles. The number of nitrogens with zero attached hydrogens (tertiary/aromatic N) is 1. The van der Waals surface area contributed by atoms with E-state index in [1.807, 2.05) is 0 Å². The summed E-state index contributed by atoms with van der Waals surface area (Å²) in [5.74, 6) is -2.41. The number of carbonyl (C=O) groups is 2. The van der Waals surface area contributed by atoms with Crippen molar-refractivity contribution in [3.8, 4) is 0 Å². The van der Waals surface area contributed by atoms with Gasteiger partial charge in [-0.15, -0.1) is 0 Å². The van der Waals surface area contributed by atoms with Crippen LogP contribution in [0.5, 0.6) is 0 Å². The molecule has 8 nitrogen and oxygen atoms in total. The molecular formula is C12H22N2O6S. The van der Waals surface area contributed by atoms with Crippen molar-refractivity contribution in [2.45, 2.75) is 32.3 Å². The molecule has 0 radical (unpaired) electrons. The number of piperidine rings is 1. The van der Waals surface area contributed by atoms with Crippen LogP contribution in [-0.4, -0.2) is 65.8 Å². The molecule has 1 rings (SSSR count). The number of sulfonamides is 1. The Morgan fingerprint density at radius 2 is 2.05 bits per heavy atom. The maximum Gasteiger partial charge on any atom is 0.337 e. The minimum absolute atomic E-state index is 0.0188. The summed E-state index contributed by atoms with van der Waals surface area (Å²) in [6, 6.07) is 0. The van der Waals surface area contributed by atoms with Crippen LogP contribution in [0.4, 0.5) is 0 Å². The fraction of sp³-hybridized carbons (Fsp3) is 0.833. The van der Waals surface area contributed by atoms with Crippen molar-refractivity contribution < 1.29 is 28.2 Å². The van der Waals surface area contributed by atoms with Crippen LogP contribution in [0.15, 0.2) is 0 Å². The molecule has 1 fully saturated rings. The molecule has 2 unspecified atom stereocenters. The van der Waals surface area contributed by atoms with Crippen LogP contribution in [0.1, 0.15) is 26.7 Å². The smallest absolute Gasteiger partial charge is 0.337 e. The highest BCUT2D eigenvalue weighted by Gasteiger charge is 2.34. The molecule has 0 aromatic carbocycles. The van der Waals surface area contributed by atoms with Crippen molar-refractivity contribution in [2.75, 3.05) is 25.4 Å². The number of nitrogens with one attached hydrogen (secondary N) is 1. The Hall–Kier alpha value is -1.19. The molecule has 0 saturated carbocycles. The van der Waals surface area contributed by atoms with Gasteiger partial charge < -0.3 is 15.5 Å². The SMILES string of the molecule is CCS(=O)(=O)N1CCCC(C(=O)NCC(C)(O)C(=O)O)C1. The Morgan fingerprint density at radius 3 is 2.57 bits per heavy atom. The molecule has 1 saturated heterocycles. The van der Waals surface area contributed by atoms with Gasteiger partial charge in [-0.2, -0.15) is 0 Å². The normalized spacial score (nSPS) is 23.3. The molecule has 0 aromatic rings. The highest BCUT2D eigenvalue weighted by atomic mass is 32.2. The van der Waals surface area contributed by atoms with E-state index >= 15 is 0 Å². The number of aliphatic carboxylic acids is 1. The molecule has 3 N–H and O–H groups in total. The first-order valence-electron chi connectivity index (χ1n) is 6.81. The predicted molar refractivity (Wildman–Crippen MR) is 75.0 cm³/mol. The van der Waals surface area contributed by atoms with Gasteiger partial charge in [0.25, 0.3) is 0 Å². The van der Waals surface area contributed by atoms with Gasteiger partial charge in [-0.25, -0.2) is 17.5 Å². The largest absolute Gasteiger partial charge is 0.479 e. The maximum atomic E-state index is 12.0. The number of aliphatic hydroxyl groups is 1. The molecule has 0 spiro atoms. The number of carboxylic acids is 1. The number of carbonyl (C=O) groups excluding carboxylic acids is 1. The van der Waals surface area contributed by atoms with Gasteiger partial charge in [0, 0.05) is 13.1 Å². The van der Waals surface area contributed by atoms with Gasteiger partial charge in [-0.3, -0.25) is 4.79 Å². The van der Waals surface area contributed by atoms with Crippen LogP contribution in [0.2, 0.25) is 0 Å². The zero-order valence-electron chi connectivity index (χ0n) is 12.2. The lowest BCUT2D eigenvalue weighted by Gasteiger charge is -2.31. The Kier molecular flexibility index (Phi) is 5.71. The van der Waals surface area contributed by atoms with E-state index in [0.29, 0.717) is 19.4 Å². The lowest BCUT2D eigenvalue weighted by Crippen LogP contribution is -2.50. The van der Waals surface area contributed by atoms with Crippen molar-refractivity contribution >= 4 is 21.9 Å². The third-order valence-electron chi connectivity index (χ3n) is 3.58. The quantitative estimate of drug-likeness (QED) is 0.576. The highest BCUT2D eigenvalue weighted by Crippen LogP contribution is 2.19. The lowest BCUT2D eigenvalue weighted by atomic mass is 9.98. The second-order valence-electron chi connectivity index (χ2n) is 5.39. The van der Waals surface area contributed by atoms with Gasteiger partial charge in [-0.05, 0) is 26.7 Å². The number of hydrogen-bond acceptors (Lipinski definition) is 5. The van der Waals surface area contributed by atoms with Crippen LogP contribution >= 0.6 is 0 Å². The summed E-state index contributed by atoms with van der Waals surface area (Å²) >= 11 is 0. The van der Waals surface area contributed by atoms with Gasteiger partial charge in [0.05, 0.1) is 18.2 Å². The van der Waals surface area contributed by atoms with E-state index in [0.717, 1.165) is 6.92 Å². The first kappa shape index (κ1) is 17.9. The summed E-state index contributed by atoms with van der Waals surface area (Å²) in [5.41, 5.74) is -2.04. The second kappa shape index (κ2) is 6.71. The molecular weight excluding hydrogens is 300 g/mol. The van der Waals surface area contributed by atoms with Gasteiger partial charge in [-0.1, -0.05) is 0 Å². The first-order valence-corrected chi connectivity index (χ1v) is 8.42. The minimum Gasteiger partial charge on any atom is -0.479 e. The van der Waals surface area contributed by atoms with E-state index in [4.69, 9.17) is 5.11 Å². The Morgan fingerprint density at radius 1 is 1.43 bits per heavy atom. The van der Waals surface area contributed by atoms with Crippen molar-refractivity contribution in [3.05, 3.63) is 0 Å². The van der Waals surface area contributed by atoms with Crippen molar-refractivity contribution in [3.63, 3.8) is 0 Å². The van der Waals surface area contributed by atoms with Crippen LogP contribution in [0.25, 0.3) is 0 Å². The van der Waals surface area contributed by atoms with E-state index < -0.39 is 40.0 Å². The summed E-state index contributed by atoms with van der Waals surface area (Å²) in [5, 5.41) is 20.7. The average molecular weight is 322 g/mol. The fourth-order valence-electron chi connectivity index (χ4n) is 2.07. The third-order valence-corrected chi connectivity index (χ3v) is 5.43. The molecule has 122 valence electrons. The average Bonchev–Trinajstić information content (AvgIpc) is 2.44. The molecule has 2 atom stereocenters. The number of hydrogen-bond donors (Lipinski definition) is 3. The first-order chi connectivity index (χ1) is 9.60. The van der Waals surface area contributed by atoms with E-state index in [-0.39, 0.29) is 12.3 Å². The Labute approximate surface area is 124 Å². The monoisotopic (exact) mass is 322 g/mol. The van der Waals surface area contributed by atoms with Gasteiger partial charge in [0.15, 0.2) is 5.60 Å². The van der Waals surface area contributed by atoms with Gasteiger partial charge >= 0.3 is 5.97 Å². The molecule has 0 bridgehead atoms. The van der Waals surface area contributed by atoms with Gasteiger partial charge in [0.2, 0.25) is 15.9 Å². The molecule has 0 aliphatic carbocycles. The topological polar surface area (TPSA) is 124 Å². The van der Waals surface area contributed by atoms with Crippen LogP contribution in [0.3, 0.4) is 0 Å². The van der Waals surface area contributed by atoms with E-state index in [2.05, 4.69) is 5.32 Å². The number of rotatable bonds is 6. The Bertz CT molecular complexity index is 502. The summed E-state index contributed by atoms with van der Waals surface area (Å²) in [6.45, 7) is 2.70. The fourth-order valence-corrected chi connectivity index (χ4v) is 3.25. The number of amides is 1. The third kappa shape index (κ3) is 4.65. The molecule has 1 aliphatic rings. The molecule has 0 aromatic heterocycles. The number of carboxylic acid groups (broad SMARTS) is 1. The zero-order chi connectivity index (χ0) is 16.3. The minimum atomic E-state index is -3.33. The Balaban J connectivity index is 2.61. The predicted octanol–water partition coefficient (Wildman–Crippen LogP) is -1.00. The van der Waals surface area contributed by atoms with Gasteiger partial charge in [0.1, 0.15) is 0 Å². The van der Waals surface area contributed by atoms with E-state index in [1.165, 1.54) is 4.31 Å². The lowest BCUT2D eigenvalue weighted by molar-refractivity contribution is -0.156. The summed E-state index contributed by atoms with van der Waals surface area (Å²) in [7, 11) is -3.33. The second-order valence-corrected chi connectivity index (χ2v) is 7.65. The van der Waals surface area contributed by atoms with Crippen LogP contribution in [0, 0.1) is 5.92 Å². The molecule has 1 heterocycles.